The second kappa shape index (κ2) is 6.34. The largest absolute Gasteiger partial charge is 0.365 e. The van der Waals surface area contributed by atoms with Crippen LogP contribution >= 0.6 is 23.2 Å². The lowest BCUT2D eigenvalue weighted by molar-refractivity contribution is 0.316. The van der Waals surface area contributed by atoms with Crippen LogP contribution in [0.4, 0.5) is 5.69 Å². The number of piperazine rings is 1. The van der Waals surface area contributed by atoms with Gasteiger partial charge in [-0.1, -0.05) is 43.5 Å². The molecule has 2 rings (SSSR count). The van der Waals surface area contributed by atoms with Gasteiger partial charge in [-0.2, -0.15) is 0 Å². The number of halogens is 2. The molecule has 0 aliphatic carbocycles. The third-order valence-electron chi connectivity index (χ3n) is 4.15. The second-order valence-corrected chi connectivity index (χ2v) is 6.34. The van der Waals surface area contributed by atoms with Crippen molar-refractivity contribution in [2.24, 2.45) is 5.92 Å². The summed E-state index contributed by atoms with van der Waals surface area (Å²) in [6, 6.07) is 6.63. The maximum atomic E-state index is 6.34. The van der Waals surface area contributed by atoms with Crippen LogP contribution in [0.1, 0.15) is 27.2 Å². The van der Waals surface area contributed by atoms with Crippen LogP contribution in [-0.2, 0) is 0 Å². The van der Waals surface area contributed by atoms with E-state index in [1.807, 2.05) is 18.2 Å². The Hall–Kier alpha value is -0.440. The maximum absolute atomic E-state index is 6.34. The van der Waals surface area contributed by atoms with Crippen LogP contribution in [0.2, 0.25) is 10.0 Å². The highest BCUT2D eigenvalue weighted by atomic mass is 35.5. The molecule has 19 heavy (non-hydrogen) atoms. The van der Waals surface area contributed by atoms with E-state index in [4.69, 9.17) is 23.2 Å². The first kappa shape index (κ1) is 15.0. The number of benzene rings is 1. The summed E-state index contributed by atoms with van der Waals surface area (Å²) < 4.78 is 0. The fourth-order valence-electron chi connectivity index (χ4n) is 2.60. The Labute approximate surface area is 126 Å². The third-order valence-corrected chi connectivity index (χ3v) is 4.70. The molecule has 1 fully saturated rings. The van der Waals surface area contributed by atoms with Gasteiger partial charge >= 0.3 is 0 Å². The van der Waals surface area contributed by atoms with Crippen LogP contribution in [0.3, 0.4) is 0 Å². The highest BCUT2D eigenvalue weighted by Crippen LogP contribution is 2.32. The van der Waals surface area contributed by atoms with Crippen LogP contribution in [0.25, 0.3) is 0 Å². The fourth-order valence-corrected chi connectivity index (χ4v) is 2.99. The SMILES string of the molecule is CCC(C)C1CN(c2cc(Cl)ccc2Cl)C(C)CN1. The summed E-state index contributed by atoms with van der Waals surface area (Å²) in [5.74, 6) is 0.660. The quantitative estimate of drug-likeness (QED) is 0.900. The van der Waals surface area contributed by atoms with Gasteiger partial charge in [0.1, 0.15) is 0 Å². The molecule has 0 aromatic heterocycles. The Morgan fingerprint density at radius 1 is 1.42 bits per heavy atom. The molecule has 0 amide bonds. The van der Waals surface area contributed by atoms with E-state index in [2.05, 4.69) is 31.0 Å². The van der Waals surface area contributed by atoms with Gasteiger partial charge in [-0.15, -0.1) is 0 Å². The molecule has 0 radical (unpaired) electrons. The van der Waals surface area contributed by atoms with Crippen LogP contribution < -0.4 is 10.2 Å². The highest BCUT2D eigenvalue weighted by Gasteiger charge is 2.28. The Bertz CT molecular complexity index is 436. The van der Waals surface area contributed by atoms with Crippen LogP contribution in [0.15, 0.2) is 18.2 Å². The molecule has 1 aliphatic rings. The lowest BCUT2D eigenvalue weighted by Crippen LogP contribution is -2.57. The second-order valence-electron chi connectivity index (χ2n) is 5.50. The van der Waals surface area contributed by atoms with E-state index in [1.165, 1.54) is 6.42 Å². The molecule has 1 aromatic rings. The van der Waals surface area contributed by atoms with E-state index in [0.717, 1.165) is 28.8 Å². The van der Waals surface area contributed by atoms with Crippen molar-refractivity contribution >= 4 is 28.9 Å². The zero-order valence-electron chi connectivity index (χ0n) is 11.8. The van der Waals surface area contributed by atoms with Gasteiger partial charge in [0.05, 0.1) is 10.7 Å². The molecule has 0 bridgehead atoms. The summed E-state index contributed by atoms with van der Waals surface area (Å²) in [5, 5.41) is 5.16. The molecule has 2 nitrogen and oxygen atoms in total. The van der Waals surface area contributed by atoms with Crippen molar-refractivity contribution in [1.29, 1.82) is 0 Å². The van der Waals surface area contributed by atoms with E-state index >= 15 is 0 Å². The standard InChI is InChI=1S/C15H22Cl2N2/c1-4-10(2)14-9-19(11(3)8-18-14)15-7-12(16)5-6-13(15)17/h5-7,10-11,14,18H,4,8-9H2,1-3H3. The summed E-state index contributed by atoms with van der Waals surface area (Å²) in [7, 11) is 0. The Morgan fingerprint density at radius 2 is 2.16 bits per heavy atom. The normalized spacial score (nSPS) is 25.4. The molecule has 3 atom stereocenters. The van der Waals surface area contributed by atoms with Gasteiger partial charge in [0, 0.05) is 30.2 Å². The van der Waals surface area contributed by atoms with Gasteiger partial charge in [0.2, 0.25) is 0 Å². The lowest BCUT2D eigenvalue weighted by Gasteiger charge is -2.42. The molecule has 0 spiro atoms. The average molecular weight is 301 g/mol. The van der Waals surface area contributed by atoms with Crippen molar-refractivity contribution in [3.63, 3.8) is 0 Å². The predicted octanol–water partition coefficient (Wildman–Crippen LogP) is 4.21. The fraction of sp³-hybridized carbons (Fsp3) is 0.600. The monoisotopic (exact) mass is 300 g/mol. The van der Waals surface area contributed by atoms with Crippen molar-refractivity contribution in [2.45, 2.75) is 39.3 Å². The number of nitrogens with one attached hydrogen (secondary N) is 1. The number of nitrogens with zero attached hydrogens (tertiary/aromatic N) is 1. The minimum Gasteiger partial charge on any atom is -0.365 e. The summed E-state index contributed by atoms with van der Waals surface area (Å²) in [5.41, 5.74) is 1.05. The summed E-state index contributed by atoms with van der Waals surface area (Å²) >= 11 is 12.4. The molecular formula is C15H22Cl2N2. The summed E-state index contributed by atoms with van der Waals surface area (Å²) in [4.78, 5) is 2.38. The molecule has 1 saturated heterocycles. The molecule has 106 valence electrons. The average Bonchev–Trinajstić information content (AvgIpc) is 2.41. The van der Waals surface area contributed by atoms with E-state index in [9.17, 15) is 0 Å². The molecule has 1 heterocycles. The lowest BCUT2D eigenvalue weighted by atomic mass is 9.95. The minimum atomic E-state index is 0.427. The van der Waals surface area contributed by atoms with Crippen molar-refractivity contribution < 1.29 is 0 Å². The van der Waals surface area contributed by atoms with Crippen molar-refractivity contribution in [3.8, 4) is 0 Å². The molecule has 1 aromatic carbocycles. The van der Waals surface area contributed by atoms with Crippen molar-refractivity contribution in [1.82, 2.24) is 5.32 Å². The first-order valence-electron chi connectivity index (χ1n) is 6.98. The van der Waals surface area contributed by atoms with Crippen LogP contribution in [-0.4, -0.2) is 25.2 Å². The van der Waals surface area contributed by atoms with Gasteiger partial charge < -0.3 is 10.2 Å². The zero-order chi connectivity index (χ0) is 14.0. The predicted molar refractivity (Wildman–Crippen MR) is 84.5 cm³/mol. The number of rotatable bonds is 3. The first-order chi connectivity index (χ1) is 9.02. The van der Waals surface area contributed by atoms with Gasteiger partial charge in [-0.05, 0) is 31.0 Å². The molecule has 4 heteroatoms. The van der Waals surface area contributed by atoms with E-state index in [1.54, 1.807) is 0 Å². The number of hydrogen-bond donors (Lipinski definition) is 1. The third kappa shape index (κ3) is 3.36. The summed E-state index contributed by atoms with van der Waals surface area (Å²) in [6.45, 7) is 8.72. The number of anilines is 1. The van der Waals surface area contributed by atoms with Gasteiger partial charge in [0.15, 0.2) is 0 Å². The van der Waals surface area contributed by atoms with E-state index in [-0.39, 0.29) is 0 Å². The van der Waals surface area contributed by atoms with Gasteiger partial charge in [-0.25, -0.2) is 0 Å². The zero-order valence-corrected chi connectivity index (χ0v) is 13.3. The molecule has 1 aliphatic heterocycles. The van der Waals surface area contributed by atoms with Gasteiger partial charge in [-0.3, -0.25) is 0 Å². The summed E-state index contributed by atoms with van der Waals surface area (Å²) in [6.07, 6.45) is 1.18. The first-order valence-corrected chi connectivity index (χ1v) is 7.73. The molecule has 3 unspecified atom stereocenters. The molecule has 1 N–H and O–H groups in total. The smallest absolute Gasteiger partial charge is 0.0640 e. The van der Waals surface area contributed by atoms with Crippen molar-refractivity contribution in [2.75, 3.05) is 18.0 Å². The van der Waals surface area contributed by atoms with E-state index < -0.39 is 0 Å². The van der Waals surface area contributed by atoms with E-state index in [0.29, 0.717) is 18.0 Å². The topological polar surface area (TPSA) is 15.3 Å². The number of hydrogen-bond acceptors (Lipinski definition) is 2. The Kier molecular flexibility index (Phi) is 4.99. The van der Waals surface area contributed by atoms with Crippen molar-refractivity contribution in [3.05, 3.63) is 28.2 Å². The molecular weight excluding hydrogens is 279 g/mol. The highest BCUT2D eigenvalue weighted by molar-refractivity contribution is 6.35. The van der Waals surface area contributed by atoms with Gasteiger partial charge in [0.25, 0.3) is 0 Å². The molecule has 0 saturated carbocycles. The maximum Gasteiger partial charge on any atom is 0.0640 e. The minimum absolute atomic E-state index is 0.427. The van der Waals surface area contributed by atoms with Crippen LogP contribution in [0, 0.1) is 5.92 Å². The van der Waals surface area contributed by atoms with Crippen LogP contribution in [0.5, 0.6) is 0 Å². The Morgan fingerprint density at radius 3 is 2.84 bits per heavy atom. The Balaban J connectivity index is 2.23.